The van der Waals surface area contributed by atoms with Crippen LogP contribution in [0.2, 0.25) is 0 Å². The maximum atomic E-state index is 10.6. The van der Waals surface area contributed by atoms with Crippen LogP contribution >= 0.6 is 0 Å². The Balaban J connectivity index is 0.000000810. The van der Waals surface area contributed by atoms with Gasteiger partial charge >= 0.3 is 0 Å². The number of hydrogen-bond acceptors (Lipinski definition) is 1. The fourth-order valence-electron chi connectivity index (χ4n) is 0.673. The van der Waals surface area contributed by atoms with Crippen LogP contribution < -0.4 is 0 Å². The molecule has 0 bridgehead atoms. The molecule has 0 amide bonds. The normalized spacial score (nSPS) is 8.10. The van der Waals surface area contributed by atoms with Crippen molar-refractivity contribution in [2.24, 2.45) is 0 Å². The zero-order valence-electron chi connectivity index (χ0n) is 5.61. The van der Waals surface area contributed by atoms with Crippen molar-refractivity contribution in [1.82, 2.24) is 0 Å². The van der Waals surface area contributed by atoms with Crippen LogP contribution in [-0.4, -0.2) is 5.78 Å². The van der Waals surface area contributed by atoms with Crippen LogP contribution in [0.1, 0.15) is 17.3 Å². The van der Waals surface area contributed by atoms with Crippen LogP contribution in [0.25, 0.3) is 0 Å². The molecule has 0 aliphatic carbocycles. The molecule has 0 aliphatic rings. The Bertz CT molecular complexity index is 206. The van der Waals surface area contributed by atoms with Crippen molar-refractivity contribution in [3.05, 3.63) is 35.9 Å². The second kappa shape index (κ2) is 4.24. The van der Waals surface area contributed by atoms with Gasteiger partial charge in [0.05, 0.1) is 0 Å². The molecular formula is C8H8NiO. The number of carbonyl (C=O) groups excluding carboxylic acids is 1. The predicted octanol–water partition coefficient (Wildman–Crippen LogP) is 1.89. The summed E-state index contributed by atoms with van der Waals surface area (Å²) in [6.07, 6.45) is 0. The smallest absolute Gasteiger partial charge is 0.159 e. The molecule has 0 heterocycles. The topological polar surface area (TPSA) is 17.1 Å². The SMILES string of the molecule is CC(=O)c1ccccc1.[Ni]. The van der Waals surface area contributed by atoms with E-state index in [0.29, 0.717) is 0 Å². The van der Waals surface area contributed by atoms with Crippen molar-refractivity contribution in [3.63, 3.8) is 0 Å². The van der Waals surface area contributed by atoms with Crippen LogP contribution in [0.15, 0.2) is 30.3 Å². The van der Waals surface area contributed by atoms with E-state index in [9.17, 15) is 4.79 Å². The molecule has 1 aromatic carbocycles. The third-order valence-corrected chi connectivity index (χ3v) is 1.18. The Hall–Kier alpha value is -0.616. The van der Waals surface area contributed by atoms with E-state index in [4.69, 9.17) is 0 Å². The fourth-order valence-corrected chi connectivity index (χ4v) is 0.673. The molecule has 1 nitrogen and oxygen atoms in total. The summed E-state index contributed by atoms with van der Waals surface area (Å²) in [6, 6.07) is 9.23. The minimum absolute atomic E-state index is 0. The van der Waals surface area contributed by atoms with Crippen LogP contribution in [-0.2, 0) is 16.5 Å². The molecule has 0 atom stereocenters. The van der Waals surface area contributed by atoms with Gasteiger partial charge in [0.25, 0.3) is 0 Å². The first-order valence-electron chi connectivity index (χ1n) is 2.86. The van der Waals surface area contributed by atoms with Crippen LogP contribution in [0.3, 0.4) is 0 Å². The molecule has 0 saturated heterocycles. The molecule has 0 fully saturated rings. The second-order valence-electron chi connectivity index (χ2n) is 1.92. The largest absolute Gasteiger partial charge is 0.295 e. The predicted molar refractivity (Wildman–Crippen MR) is 36.4 cm³/mol. The van der Waals surface area contributed by atoms with Crippen molar-refractivity contribution in [1.29, 1.82) is 0 Å². The van der Waals surface area contributed by atoms with Crippen molar-refractivity contribution in [3.8, 4) is 0 Å². The molecule has 0 unspecified atom stereocenters. The Labute approximate surface area is 70.4 Å². The van der Waals surface area contributed by atoms with Crippen molar-refractivity contribution >= 4 is 5.78 Å². The molecule has 2 heteroatoms. The molecule has 0 aliphatic heterocycles. The quantitative estimate of drug-likeness (QED) is 0.475. The Morgan fingerprint density at radius 3 is 2.00 bits per heavy atom. The summed E-state index contributed by atoms with van der Waals surface area (Å²) in [5.74, 6) is 0.121. The maximum Gasteiger partial charge on any atom is 0.159 e. The maximum absolute atomic E-state index is 10.6. The molecule has 1 rings (SSSR count). The number of benzene rings is 1. The first kappa shape index (κ1) is 9.38. The molecule has 1 aromatic rings. The van der Waals surface area contributed by atoms with Crippen LogP contribution in [0.4, 0.5) is 0 Å². The first-order valence-corrected chi connectivity index (χ1v) is 2.86. The minimum atomic E-state index is 0. The molecule has 0 saturated carbocycles. The van der Waals surface area contributed by atoms with Gasteiger partial charge in [0.15, 0.2) is 5.78 Å². The van der Waals surface area contributed by atoms with Crippen LogP contribution in [0, 0.1) is 0 Å². The third-order valence-electron chi connectivity index (χ3n) is 1.18. The summed E-state index contributed by atoms with van der Waals surface area (Å²) >= 11 is 0. The summed E-state index contributed by atoms with van der Waals surface area (Å²) in [5.41, 5.74) is 0.775. The zero-order valence-corrected chi connectivity index (χ0v) is 6.60. The van der Waals surface area contributed by atoms with Gasteiger partial charge in [-0.05, 0) is 6.92 Å². The van der Waals surface area contributed by atoms with Gasteiger partial charge in [-0.15, -0.1) is 0 Å². The monoisotopic (exact) mass is 178 g/mol. The molecule has 0 aromatic heterocycles. The molecule has 0 radical (unpaired) electrons. The third kappa shape index (κ3) is 2.32. The van der Waals surface area contributed by atoms with Gasteiger partial charge in [0, 0.05) is 22.1 Å². The summed E-state index contributed by atoms with van der Waals surface area (Å²) in [5, 5.41) is 0. The van der Waals surface area contributed by atoms with Crippen molar-refractivity contribution < 1.29 is 21.3 Å². The summed E-state index contributed by atoms with van der Waals surface area (Å²) < 4.78 is 0. The molecule has 0 spiro atoms. The number of carbonyl (C=O) groups is 1. The van der Waals surface area contributed by atoms with E-state index in [2.05, 4.69) is 0 Å². The Kier molecular flexibility index (Phi) is 3.98. The molecule has 56 valence electrons. The summed E-state index contributed by atoms with van der Waals surface area (Å²) in [4.78, 5) is 10.6. The van der Waals surface area contributed by atoms with Gasteiger partial charge in [-0.25, -0.2) is 0 Å². The standard InChI is InChI=1S/C8H8O.Ni/c1-7(9)8-5-3-2-4-6-8;/h2-6H,1H3;. The first-order chi connectivity index (χ1) is 4.30. The van der Waals surface area contributed by atoms with Gasteiger partial charge < -0.3 is 0 Å². The van der Waals surface area contributed by atoms with Crippen molar-refractivity contribution in [2.75, 3.05) is 0 Å². The van der Waals surface area contributed by atoms with Gasteiger partial charge in [-0.1, -0.05) is 30.3 Å². The van der Waals surface area contributed by atoms with Gasteiger partial charge in [0.1, 0.15) is 0 Å². The van der Waals surface area contributed by atoms with E-state index in [1.165, 1.54) is 0 Å². The van der Waals surface area contributed by atoms with E-state index in [1.54, 1.807) is 6.92 Å². The van der Waals surface area contributed by atoms with E-state index in [0.717, 1.165) is 5.56 Å². The van der Waals surface area contributed by atoms with E-state index < -0.39 is 0 Å². The average molecular weight is 179 g/mol. The van der Waals surface area contributed by atoms with Crippen LogP contribution in [0.5, 0.6) is 0 Å². The van der Waals surface area contributed by atoms with E-state index in [-0.39, 0.29) is 22.3 Å². The van der Waals surface area contributed by atoms with E-state index in [1.807, 2.05) is 30.3 Å². The molecular weight excluding hydrogens is 171 g/mol. The van der Waals surface area contributed by atoms with Gasteiger partial charge in [-0.2, -0.15) is 0 Å². The summed E-state index contributed by atoms with van der Waals surface area (Å²) in [6.45, 7) is 1.56. The average Bonchev–Trinajstić information content (AvgIpc) is 1.90. The van der Waals surface area contributed by atoms with Gasteiger partial charge in [-0.3, -0.25) is 4.79 Å². The van der Waals surface area contributed by atoms with Crippen molar-refractivity contribution in [2.45, 2.75) is 6.92 Å². The molecule has 10 heavy (non-hydrogen) atoms. The fraction of sp³-hybridized carbons (Fsp3) is 0.125. The Morgan fingerprint density at radius 1 is 1.20 bits per heavy atom. The Morgan fingerprint density at radius 2 is 1.70 bits per heavy atom. The summed E-state index contributed by atoms with van der Waals surface area (Å²) in [7, 11) is 0. The number of rotatable bonds is 1. The van der Waals surface area contributed by atoms with E-state index >= 15 is 0 Å². The number of hydrogen-bond donors (Lipinski definition) is 0. The second-order valence-corrected chi connectivity index (χ2v) is 1.92. The number of ketones is 1. The zero-order chi connectivity index (χ0) is 6.69. The minimum Gasteiger partial charge on any atom is -0.295 e. The number of Topliss-reactive ketones (excluding diaryl/α,β-unsaturated/α-hetero) is 1. The molecule has 0 N–H and O–H groups in total. The van der Waals surface area contributed by atoms with Gasteiger partial charge in [0.2, 0.25) is 0 Å².